The predicted molar refractivity (Wildman–Crippen MR) is 43.9 cm³/mol. The van der Waals surface area contributed by atoms with Crippen LogP contribution in [0, 0.1) is 0 Å². The van der Waals surface area contributed by atoms with Gasteiger partial charge in [-0.05, 0) is 6.07 Å². The molecule has 3 nitrogen and oxygen atoms in total. The minimum absolute atomic E-state index is 0.185. The van der Waals surface area contributed by atoms with E-state index in [2.05, 4.69) is 9.84 Å². The molecule has 0 aliphatic carbocycles. The van der Waals surface area contributed by atoms with Gasteiger partial charge in [0, 0.05) is 6.20 Å². The van der Waals surface area contributed by atoms with Crippen molar-refractivity contribution in [1.82, 2.24) is 9.78 Å². The third-order valence-corrected chi connectivity index (χ3v) is 1.54. The Morgan fingerprint density at radius 2 is 2.06 bits per heavy atom. The summed E-state index contributed by atoms with van der Waals surface area (Å²) in [7, 11) is 0. The van der Waals surface area contributed by atoms with Crippen molar-refractivity contribution < 1.29 is 26.7 Å². The summed E-state index contributed by atoms with van der Waals surface area (Å²) in [6.45, 7) is -2.32. The van der Waals surface area contributed by atoms with E-state index in [1.165, 1.54) is 12.3 Å². The van der Waals surface area contributed by atoms with Crippen molar-refractivity contribution in [3.63, 3.8) is 0 Å². The van der Waals surface area contributed by atoms with Gasteiger partial charge in [0.05, 0.1) is 12.3 Å². The fraction of sp³-hybridized carbons (Fsp3) is 0.625. The van der Waals surface area contributed by atoms with Gasteiger partial charge in [0.2, 0.25) is 0 Å². The second kappa shape index (κ2) is 5.24. The fourth-order valence-corrected chi connectivity index (χ4v) is 0.995. The monoisotopic (exact) mass is 244 g/mol. The molecule has 1 heterocycles. The van der Waals surface area contributed by atoms with Crippen LogP contribution in [0.5, 0.6) is 0 Å². The quantitative estimate of drug-likeness (QED) is 0.742. The summed E-state index contributed by atoms with van der Waals surface area (Å²) < 4.78 is 64.1. The normalized spacial score (nSPS) is 12.4. The number of hydrogen-bond acceptors (Lipinski definition) is 2. The molecule has 0 fully saturated rings. The summed E-state index contributed by atoms with van der Waals surface area (Å²) in [5, 5.41) is 3.61. The van der Waals surface area contributed by atoms with Crippen molar-refractivity contribution in [1.29, 1.82) is 0 Å². The topological polar surface area (TPSA) is 27.1 Å². The van der Waals surface area contributed by atoms with Crippen LogP contribution >= 0.6 is 0 Å². The van der Waals surface area contributed by atoms with Gasteiger partial charge in [0.15, 0.2) is 0 Å². The van der Waals surface area contributed by atoms with Gasteiger partial charge >= 0.3 is 6.18 Å². The lowest BCUT2D eigenvalue weighted by Gasteiger charge is -2.05. The van der Waals surface area contributed by atoms with Crippen LogP contribution in [0.1, 0.15) is 5.69 Å². The van der Waals surface area contributed by atoms with Crippen molar-refractivity contribution in [3.8, 4) is 0 Å². The van der Waals surface area contributed by atoms with Crippen molar-refractivity contribution in [2.24, 2.45) is 0 Å². The highest BCUT2D eigenvalue weighted by Crippen LogP contribution is 2.15. The Hall–Kier alpha value is -1.18. The molecule has 1 rings (SSSR count). The van der Waals surface area contributed by atoms with E-state index in [9.17, 15) is 22.0 Å². The first kappa shape index (κ1) is 12.9. The summed E-state index contributed by atoms with van der Waals surface area (Å²) in [5.41, 5.74) is 0.185. The highest BCUT2D eigenvalue weighted by Gasteiger charge is 2.27. The number of rotatable bonds is 5. The van der Waals surface area contributed by atoms with E-state index >= 15 is 0 Å². The van der Waals surface area contributed by atoms with Crippen LogP contribution in [0.25, 0.3) is 0 Å². The van der Waals surface area contributed by atoms with Crippen molar-refractivity contribution in [3.05, 3.63) is 18.0 Å². The third kappa shape index (κ3) is 5.06. The number of hydrogen-bond donors (Lipinski definition) is 0. The highest BCUT2D eigenvalue weighted by atomic mass is 19.4. The molecule has 0 saturated carbocycles. The lowest BCUT2D eigenvalue weighted by Crippen LogP contribution is -2.17. The van der Waals surface area contributed by atoms with Crippen LogP contribution in [0.4, 0.5) is 22.0 Å². The Kier molecular flexibility index (Phi) is 4.22. The van der Waals surface area contributed by atoms with E-state index in [1.807, 2.05) is 0 Å². The van der Waals surface area contributed by atoms with Crippen LogP contribution < -0.4 is 0 Å². The Balaban J connectivity index is 2.35. The van der Waals surface area contributed by atoms with Gasteiger partial charge in [-0.1, -0.05) is 0 Å². The average Bonchev–Trinajstić information content (AvgIpc) is 2.49. The molecule has 0 atom stereocenters. The molecule has 0 saturated heterocycles. The number of halogens is 5. The largest absolute Gasteiger partial charge is 0.411 e. The minimum atomic E-state index is -4.40. The molecular formula is C8H9F5N2O. The van der Waals surface area contributed by atoms with E-state index in [-0.39, 0.29) is 12.3 Å². The molecule has 0 unspecified atom stereocenters. The number of ether oxygens (including phenoxy) is 1. The van der Waals surface area contributed by atoms with E-state index in [0.29, 0.717) is 0 Å². The van der Waals surface area contributed by atoms with Gasteiger partial charge in [-0.15, -0.1) is 0 Å². The first-order chi connectivity index (χ1) is 7.37. The molecule has 0 bridgehead atoms. The van der Waals surface area contributed by atoms with E-state index in [4.69, 9.17) is 0 Å². The SMILES string of the molecule is FC(F)Cn1ccc(COCC(F)(F)F)n1. The molecule has 8 heteroatoms. The average molecular weight is 244 g/mol. The van der Waals surface area contributed by atoms with Crippen LogP contribution in [-0.2, 0) is 17.9 Å². The Bertz CT molecular complexity index is 322. The maximum Gasteiger partial charge on any atom is 0.411 e. The predicted octanol–water partition coefficient (Wildman–Crippen LogP) is 2.23. The molecular weight excluding hydrogens is 235 g/mol. The van der Waals surface area contributed by atoms with Crippen LogP contribution in [0.15, 0.2) is 12.3 Å². The Labute approximate surface area is 87.8 Å². The van der Waals surface area contributed by atoms with Gasteiger partial charge in [-0.25, -0.2) is 8.78 Å². The summed E-state index contributed by atoms with van der Waals surface area (Å²) in [6, 6.07) is 1.33. The molecule has 0 spiro atoms. The molecule has 0 radical (unpaired) electrons. The van der Waals surface area contributed by atoms with Crippen LogP contribution in [-0.4, -0.2) is 29.0 Å². The zero-order valence-electron chi connectivity index (χ0n) is 8.05. The molecule has 1 aromatic rings. The Morgan fingerprint density at radius 3 is 2.62 bits per heavy atom. The molecule has 0 aromatic carbocycles. The van der Waals surface area contributed by atoms with Crippen molar-refractivity contribution >= 4 is 0 Å². The summed E-state index contributed by atoms with van der Waals surface area (Å²) in [6.07, 6.45) is -5.69. The van der Waals surface area contributed by atoms with Crippen molar-refractivity contribution in [2.45, 2.75) is 25.8 Å². The van der Waals surface area contributed by atoms with Gasteiger partial charge in [-0.3, -0.25) is 4.68 Å². The molecule has 1 aromatic heterocycles. The number of nitrogens with zero attached hydrogens (tertiary/aromatic N) is 2. The second-order valence-electron chi connectivity index (χ2n) is 3.03. The lowest BCUT2D eigenvalue weighted by molar-refractivity contribution is -0.176. The van der Waals surface area contributed by atoms with Crippen LogP contribution in [0.2, 0.25) is 0 Å². The third-order valence-electron chi connectivity index (χ3n) is 1.54. The standard InChI is InChI=1S/C8H9F5N2O/c9-7(10)3-15-2-1-6(14-15)4-16-5-8(11,12)13/h1-2,7H,3-5H2. The van der Waals surface area contributed by atoms with Gasteiger partial charge in [-0.2, -0.15) is 18.3 Å². The van der Waals surface area contributed by atoms with E-state index in [1.54, 1.807) is 0 Å². The molecule has 0 aliphatic heterocycles. The molecule has 0 aliphatic rings. The first-order valence-electron chi connectivity index (χ1n) is 4.32. The van der Waals surface area contributed by atoms with Crippen LogP contribution in [0.3, 0.4) is 0 Å². The fourth-order valence-electron chi connectivity index (χ4n) is 0.995. The molecule has 0 amide bonds. The van der Waals surface area contributed by atoms with Gasteiger partial charge < -0.3 is 4.74 Å². The smallest absolute Gasteiger partial charge is 0.366 e. The van der Waals surface area contributed by atoms with Gasteiger partial charge in [0.25, 0.3) is 6.43 Å². The molecule has 0 N–H and O–H groups in total. The zero-order valence-corrected chi connectivity index (χ0v) is 8.05. The lowest BCUT2D eigenvalue weighted by atomic mass is 10.5. The highest BCUT2D eigenvalue weighted by molar-refractivity contribution is 4.97. The summed E-state index contributed by atoms with van der Waals surface area (Å²) >= 11 is 0. The second-order valence-corrected chi connectivity index (χ2v) is 3.03. The summed E-state index contributed by atoms with van der Waals surface area (Å²) in [5.74, 6) is 0. The maximum atomic E-state index is 11.9. The molecule has 16 heavy (non-hydrogen) atoms. The zero-order chi connectivity index (χ0) is 12.2. The van der Waals surface area contributed by atoms with Gasteiger partial charge in [0.1, 0.15) is 13.2 Å². The summed E-state index contributed by atoms with van der Waals surface area (Å²) in [4.78, 5) is 0. The number of aromatic nitrogens is 2. The Morgan fingerprint density at radius 1 is 1.38 bits per heavy atom. The molecule has 92 valence electrons. The number of alkyl halides is 5. The van der Waals surface area contributed by atoms with Crippen molar-refractivity contribution in [2.75, 3.05) is 6.61 Å². The van der Waals surface area contributed by atoms with E-state index < -0.39 is 25.8 Å². The minimum Gasteiger partial charge on any atom is -0.366 e. The maximum absolute atomic E-state index is 11.9. The first-order valence-corrected chi connectivity index (χ1v) is 4.32. The van der Waals surface area contributed by atoms with E-state index in [0.717, 1.165) is 4.68 Å².